The van der Waals surface area contributed by atoms with E-state index in [0.717, 1.165) is 37.8 Å². The lowest BCUT2D eigenvalue weighted by molar-refractivity contribution is -0.369. The molecule has 0 aromatic heterocycles. The maximum atomic E-state index is 13.2. The van der Waals surface area contributed by atoms with Crippen molar-refractivity contribution in [2.24, 2.45) is 0 Å². The van der Waals surface area contributed by atoms with Gasteiger partial charge in [-0.3, -0.25) is 0 Å². The number of hydrogen-bond acceptors (Lipinski definition) is 3. The van der Waals surface area contributed by atoms with E-state index in [1.54, 1.807) is 0 Å². The molecule has 0 N–H and O–H groups in total. The van der Waals surface area contributed by atoms with Gasteiger partial charge in [0, 0.05) is 6.42 Å². The second-order valence-corrected chi connectivity index (χ2v) is 7.42. The third-order valence-corrected chi connectivity index (χ3v) is 4.51. The fraction of sp³-hybridized carbons (Fsp3) is 0.684. The van der Waals surface area contributed by atoms with Crippen molar-refractivity contribution in [3.05, 3.63) is 35.1 Å². The standard InChI is InChI=1S/C19H31F3O3Si/c1-13(2)23-19(25-26,24-14(3)4)10-8-6-5-7-9-15-11-16(20)18(22)17(21)12-15/h11-14H,5-10H2,1-4,26H3. The molecule has 150 valence electrons. The first-order valence-corrected chi connectivity index (χ1v) is 10.0. The van der Waals surface area contributed by atoms with Crippen LogP contribution in [0, 0.1) is 17.5 Å². The van der Waals surface area contributed by atoms with Gasteiger partial charge in [0.25, 0.3) is 5.97 Å². The molecule has 0 aliphatic rings. The Labute approximate surface area is 157 Å². The summed E-state index contributed by atoms with van der Waals surface area (Å²) in [4.78, 5) is 0. The summed E-state index contributed by atoms with van der Waals surface area (Å²) in [6.45, 7) is 7.78. The van der Waals surface area contributed by atoms with Gasteiger partial charge in [-0.1, -0.05) is 12.8 Å². The molecule has 0 saturated heterocycles. The minimum atomic E-state index is -1.41. The van der Waals surface area contributed by atoms with Gasteiger partial charge in [0.15, 0.2) is 27.9 Å². The average Bonchev–Trinajstić information content (AvgIpc) is 2.54. The zero-order chi connectivity index (χ0) is 19.7. The molecule has 3 nitrogen and oxygen atoms in total. The molecule has 0 saturated carbocycles. The predicted octanol–water partition coefficient (Wildman–Crippen LogP) is 4.40. The van der Waals surface area contributed by atoms with E-state index < -0.39 is 23.4 Å². The number of ether oxygens (including phenoxy) is 2. The highest BCUT2D eigenvalue weighted by Crippen LogP contribution is 2.26. The molecule has 0 aliphatic carbocycles. The lowest BCUT2D eigenvalue weighted by atomic mass is 10.0. The van der Waals surface area contributed by atoms with E-state index in [1.807, 2.05) is 27.7 Å². The Balaban J connectivity index is 2.41. The summed E-state index contributed by atoms with van der Waals surface area (Å²) in [5.41, 5.74) is 0.477. The van der Waals surface area contributed by atoms with Gasteiger partial charge >= 0.3 is 0 Å². The summed E-state index contributed by atoms with van der Waals surface area (Å²) in [5.74, 6) is -4.67. The van der Waals surface area contributed by atoms with Crippen LogP contribution >= 0.6 is 0 Å². The quantitative estimate of drug-likeness (QED) is 0.228. The fourth-order valence-corrected chi connectivity index (χ4v) is 3.24. The van der Waals surface area contributed by atoms with Crippen LogP contribution in [0.5, 0.6) is 0 Å². The minimum absolute atomic E-state index is 0.00836. The molecule has 0 radical (unpaired) electrons. The van der Waals surface area contributed by atoms with Crippen molar-refractivity contribution in [3.8, 4) is 0 Å². The van der Waals surface area contributed by atoms with E-state index in [4.69, 9.17) is 13.9 Å². The van der Waals surface area contributed by atoms with Crippen LogP contribution in [0.15, 0.2) is 12.1 Å². The summed E-state index contributed by atoms with van der Waals surface area (Å²) >= 11 is 0. The first kappa shape index (κ1) is 23.1. The molecule has 1 aromatic rings. The first-order chi connectivity index (χ1) is 12.2. The van der Waals surface area contributed by atoms with Crippen LogP contribution in [-0.2, 0) is 20.3 Å². The van der Waals surface area contributed by atoms with E-state index in [-0.39, 0.29) is 12.2 Å². The van der Waals surface area contributed by atoms with Crippen LogP contribution in [0.4, 0.5) is 13.2 Å². The number of unbranched alkanes of at least 4 members (excludes halogenated alkanes) is 3. The molecule has 0 heterocycles. The lowest BCUT2D eigenvalue weighted by Gasteiger charge is -2.36. The van der Waals surface area contributed by atoms with Gasteiger partial charge < -0.3 is 13.9 Å². The Morgan fingerprint density at radius 3 is 1.85 bits per heavy atom. The Kier molecular flexibility index (Phi) is 9.85. The highest BCUT2D eigenvalue weighted by Gasteiger charge is 2.33. The average molecular weight is 393 g/mol. The third-order valence-electron chi connectivity index (χ3n) is 3.88. The van der Waals surface area contributed by atoms with E-state index >= 15 is 0 Å². The monoisotopic (exact) mass is 392 g/mol. The number of rotatable bonds is 12. The van der Waals surface area contributed by atoms with Crippen molar-refractivity contribution in [2.75, 3.05) is 0 Å². The summed E-state index contributed by atoms with van der Waals surface area (Å²) < 4.78 is 56.7. The highest BCUT2D eigenvalue weighted by molar-refractivity contribution is 5.98. The van der Waals surface area contributed by atoms with Crippen molar-refractivity contribution in [3.63, 3.8) is 0 Å². The molecule has 0 fully saturated rings. The topological polar surface area (TPSA) is 27.7 Å². The van der Waals surface area contributed by atoms with Gasteiger partial charge in [-0.15, -0.1) is 0 Å². The van der Waals surface area contributed by atoms with Crippen LogP contribution in [0.1, 0.15) is 65.4 Å². The smallest absolute Gasteiger partial charge is 0.273 e. The Bertz CT molecular complexity index is 520. The van der Waals surface area contributed by atoms with Gasteiger partial charge in [0.05, 0.1) is 12.2 Å². The predicted molar refractivity (Wildman–Crippen MR) is 99.3 cm³/mol. The highest BCUT2D eigenvalue weighted by atomic mass is 28.2. The largest absolute Gasteiger partial charge is 0.380 e. The molecular weight excluding hydrogens is 361 g/mol. The van der Waals surface area contributed by atoms with Crippen LogP contribution in [0.3, 0.4) is 0 Å². The maximum Gasteiger partial charge on any atom is 0.273 e. The van der Waals surface area contributed by atoms with Crippen molar-refractivity contribution in [1.29, 1.82) is 0 Å². The van der Waals surface area contributed by atoms with E-state index in [0.29, 0.717) is 28.9 Å². The van der Waals surface area contributed by atoms with Gasteiger partial charge in [-0.2, -0.15) is 0 Å². The normalized spacial score (nSPS) is 12.5. The number of halogens is 3. The van der Waals surface area contributed by atoms with E-state index in [2.05, 4.69) is 0 Å². The van der Waals surface area contributed by atoms with Crippen LogP contribution < -0.4 is 0 Å². The van der Waals surface area contributed by atoms with E-state index in [9.17, 15) is 13.2 Å². The van der Waals surface area contributed by atoms with Gasteiger partial charge in [-0.05, 0) is 64.7 Å². The number of hydrogen-bond donors (Lipinski definition) is 0. The second-order valence-electron chi connectivity index (χ2n) is 7.01. The summed E-state index contributed by atoms with van der Waals surface area (Å²) in [7, 11) is 0.506. The molecule has 0 aliphatic heterocycles. The van der Waals surface area contributed by atoms with Crippen molar-refractivity contribution >= 4 is 10.5 Å². The molecule has 0 bridgehead atoms. The Morgan fingerprint density at radius 1 is 0.885 bits per heavy atom. The maximum absolute atomic E-state index is 13.2. The molecule has 26 heavy (non-hydrogen) atoms. The number of benzene rings is 1. The molecule has 0 unspecified atom stereocenters. The summed E-state index contributed by atoms with van der Waals surface area (Å²) in [5, 5.41) is 0. The van der Waals surface area contributed by atoms with Gasteiger partial charge in [-0.25, -0.2) is 13.2 Å². The minimum Gasteiger partial charge on any atom is -0.380 e. The zero-order valence-corrected chi connectivity index (χ0v) is 18.4. The van der Waals surface area contributed by atoms with Crippen LogP contribution in [0.2, 0.25) is 0 Å². The fourth-order valence-electron chi connectivity index (χ4n) is 2.84. The van der Waals surface area contributed by atoms with Crippen molar-refractivity contribution < 1.29 is 27.1 Å². The molecule has 0 amide bonds. The van der Waals surface area contributed by atoms with Gasteiger partial charge in [0.2, 0.25) is 0 Å². The molecule has 1 aromatic carbocycles. The van der Waals surface area contributed by atoms with Crippen LogP contribution in [-0.4, -0.2) is 28.7 Å². The lowest BCUT2D eigenvalue weighted by Crippen LogP contribution is -2.42. The third kappa shape index (κ3) is 7.78. The van der Waals surface area contributed by atoms with Crippen molar-refractivity contribution in [2.45, 2.75) is 84.4 Å². The van der Waals surface area contributed by atoms with Gasteiger partial charge in [0.1, 0.15) is 0 Å². The Morgan fingerprint density at radius 2 is 1.38 bits per heavy atom. The molecule has 7 heteroatoms. The molecule has 0 atom stereocenters. The second kappa shape index (κ2) is 11.1. The summed E-state index contributed by atoms with van der Waals surface area (Å²) in [6.07, 6.45) is 4.57. The van der Waals surface area contributed by atoms with E-state index in [1.165, 1.54) is 0 Å². The molecule has 0 spiro atoms. The van der Waals surface area contributed by atoms with Crippen LogP contribution in [0.25, 0.3) is 0 Å². The Hall–Kier alpha value is -0.893. The van der Waals surface area contributed by atoms with Crippen molar-refractivity contribution in [1.82, 2.24) is 0 Å². The first-order valence-electron chi connectivity index (χ1n) is 9.23. The molecule has 1 rings (SSSR count). The molecular formula is C19H31F3O3Si. The summed E-state index contributed by atoms with van der Waals surface area (Å²) in [6, 6.07) is 2.12. The SMILES string of the molecule is CC(C)OC(CCCCCCc1cc(F)c(F)c(F)c1)(O[SiH3])OC(C)C. The number of aryl methyl sites for hydroxylation is 1. The zero-order valence-electron chi connectivity index (χ0n) is 16.4.